The number of furan rings is 1. The number of likely N-dealkylation sites (tertiary alicyclic amines) is 1. The SMILES string of the molecule is O=C(c1ccc(-c2ccccc2F)o1)N1CC(O)C1. The number of aliphatic hydroxyl groups is 1. The second-order valence-corrected chi connectivity index (χ2v) is 4.51. The van der Waals surface area contributed by atoms with Gasteiger partial charge in [-0.25, -0.2) is 4.39 Å². The molecule has 0 radical (unpaired) electrons. The Morgan fingerprint density at radius 1 is 1.26 bits per heavy atom. The lowest BCUT2D eigenvalue weighted by molar-refractivity contribution is 0.00398. The summed E-state index contributed by atoms with van der Waals surface area (Å²) >= 11 is 0. The molecule has 1 aromatic carbocycles. The van der Waals surface area contributed by atoms with Gasteiger partial charge in [0.25, 0.3) is 5.91 Å². The summed E-state index contributed by atoms with van der Waals surface area (Å²) in [6.45, 7) is 0.628. The first kappa shape index (κ1) is 11.9. The molecule has 4 nitrogen and oxygen atoms in total. The minimum atomic E-state index is -0.454. The van der Waals surface area contributed by atoms with E-state index in [1.54, 1.807) is 24.3 Å². The number of benzene rings is 1. The number of carbonyl (C=O) groups excluding carboxylic acids is 1. The molecular weight excluding hydrogens is 249 g/mol. The fraction of sp³-hybridized carbons (Fsp3) is 0.214. The van der Waals surface area contributed by atoms with E-state index in [1.165, 1.54) is 17.0 Å². The van der Waals surface area contributed by atoms with Crippen molar-refractivity contribution < 1.29 is 18.7 Å². The molecule has 0 unspecified atom stereocenters. The molecule has 1 aliphatic rings. The number of rotatable bonds is 2. The maximum absolute atomic E-state index is 13.6. The second kappa shape index (κ2) is 4.51. The number of carbonyl (C=O) groups is 1. The van der Waals surface area contributed by atoms with Crippen LogP contribution in [0.4, 0.5) is 4.39 Å². The van der Waals surface area contributed by atoms with Crippen molar-refractivity contribution in [3.63, 3.8) is 0 Å². The van der Waals surface area contributed by atoms with Crippen LogP contribution in [0.15, 0.2) is 40.8 Å². The molecule has 5 heteroatoms. The predicted octanol–water partition coefficient (Wildman–Crippen LogP) is 1.90. The molecule has 3 rings (SSSR count). The van der Waals surface area contributed by atoms with Crippen LogP contribution in [-0.2, 0) is 0 Å². The Balaban J connectivity index is 1.84. The third-order valence-corrected chi connectivity index (χ3v) is 3.11. The van der Waals surface area contributed by atoms with Gasteiger partial charge < -0.3 is 14.4 Å². The van der Waals surface area contributed by atoms with Gasteiger partial charge in [0.2, 0.25) is 0 Å². The first-order valence-electron chi connectivity index (χ1n) is 5.97. The molecule has 1 amide bonds. The predicted molar refractivity (Wildman–Crippen MR) is 66.0 cm³/mol. The molecule has 1 aromatic heterocycles. The van der Waals surface area contributed by atoms with Gasteiger partial charge in [0, 0.05) is 13.1 Å². The first-order chi connectivity index (χ1) is 9.15. The summed E-state index contributed by atoms with van der Waals surface area (Å²) in [4.78, 5) is 13.4. The van der Waals surface area contributed by atoms with Crippen LogP contribution in [0.2, 0.25) is 0 Å². The minimum Gasteiger partial charge on any atom is -0.451 e. The molecule has 0 saturated carbocycles. The van der Waals surface area contributed by atoms with Crippen LogP contribution in [0.3, 0.4) is 0 Å². The van der Waals surface area contributed by atoms with Crippen LogP contribution in [0.1, 0.15) is 10.6 Å². The number of hydrogen-bond acceptors (Lipinski definition) is 3. The Hall–Kier alpha value is -2.14. The number of halogens is 1. The van der Waals surface area contributed by atoms with Gasteiger partial charge in [0.1, 0.15) is 11.6 Å². The van der Waals surface area contributed by atoms with E-state index in [4.69, 9.17) is 9.52 Å². The van der Waals surface area contributed by atoms with E-state index in [9.17, 15) is 9.18 Å². The molecule has 1 aliphatic heterocycles. The monoisotopic (exact) mass is 261 g/mol. The zero-order valence-electron chi connectivity index (χ0n) is 10.0. The summed E-state index contributed by atoms with van der Waals surface area (Å²) < 4.78 is 19.0. The Labute approximate surface area is 109 Å². The van der Waals surface area contributed by atoms with E-state index in [1.807, 2.05) is 0 Å². The van der Waals surface area contributed by atoms with Gasteiger partial charge in [-0.15, -0.1) is 0 Å². The maximum Gasteiger partial charge on any atom is 0.289 e. The quantitative estimate of drug-likeness (QED) is 0.898. The van der Waals surface area contributed by atoms with Crippen molar-refractivity contribution in [1.82, 2.24) is 4.90 Å². The van der Waals surface area contributed by atoms with Gasteiger partial charge in [-0.2, -0.15) is 0 Å². The number of amides is 1. The highest BCUT2D eigenvalue weighted by molar-refractivity contribution is 5.92. The average Bonchev–Trinajstić information content (AvgIpc) is 2.84. The number of hydrogen-bond donors (Lipinski definition) is 1. The van der Waals surface area contributed by atoms with Gasteiger partial charge in [-0.3, -0.25) is 4.79 Å². The van der Waals surface area contributed by atoms with Crippen molar-refractivity contribution in [3.8, 4) is 11.3 Å². The van der Waals surface area contributed by atoms with E-state index in [2.05, 4.69) is 0 Å². The third-order valence-electron chi connectivity index (χ3n) is 3.11. The zero-order chi connectivity index (χ0) is 13.4. The van der Waals surface area contributed by atoms with E-state index in [0.29, 0.717) is 24.4 Å². The highest BCUT2D eigenvalue weighted by atomic mass is 19.1. The zero-order valence-corrected chi connectivity index (χ0v) is 10.0. The molecule has 0 aliphatic carbocycles. The summed E-state index contributed by atoms with van der Waals surface area (Å²) in [6, 6.07) is 9.32. The van der Waals surface area contributed by atoms with Gasteiger partial charge in [-0.05, 0) is 24.3 Å². The Kier molecular flexibility index (Phi) is 2.83. The molecule has 0 bridgehead atoms. The van der Waals surface area contributed by atoms with Crippen molar-refractivity contribution >= 4 is 5.91 Å². The fourth-order valence-corrected chi connectivity index (χ4v) is 2.04. The van der Waals surface area contributed by atoms with E-state index < -0.39 is 11.9 Å². The van der Waals surface area contributed by atoms with Crippen molar-refractivity contribution in [3.05, 3.63) is 48.0 Å². The van der Waals surface area contributed by atoms with Gasteiger partial charge in [0.15, 0.2) is 5.76 Å². The lowest BCUT2D eigenvalue weighted by atomic mass is 10.1. The highest BCUT2D eigenvalue weighted by Crippen LogP contribution is 2.26. The lowest BCUT2D eigenvalue weighted by Gasteiger charge is -2.35. The summed E-state index contributed by atoms with van der Waals surface area (Å²) in [7, 11) is 0. The summed E-state index contributed by atoms with van der Waals surface area (Å²) in [6.07, 6.45) is -0.454. The molecule has 0 atom stereocenters. The Morgan fingerprint density at radius 3 is 2.68 bits per heavy atom. The number of nitrogens with zero attached hydrogens (tertiary/aromatic N) is 1. The smallest absolute Gasteiger partial charge is 0.289 e. The standard InChI is InChI=1S/C14H12FNO3/c15-11-4-2-1-3-10(11)12-5-6-13(19-12)14(18)16-7-9(17)8-16/h1-6,9,17H,7-8H2. The summed E-state index contributed by atoms with van der Waals surface area (Å²) in [5.74, 6) is -0.198. The molecule has 2 aromatic rings. The topological polar surface area (TPSA) is 53.7 Å². The van der Waals surface area contributed by atoms with Crippen LogP contribution in [-0.4, -0.2) is 35.1 Å². The average molecular weight is 261 g/mol. The molecule has 98 valence electrons. The van der Waals surface area contributed by atoms with Crippen molar-refractivity contribution in [2.45, 2.75) is 6.10 Å². The second-order valence-electron chi connectivity index (χ2n) is 4.51. The molecule has 2 heterocycles. The number of aliphatic hydroxyl groups excluding tert-OH is 1. The van der Waals surface area contributed by atoms with E-state index >= 15 is 0 Å². The Bertz CT molecular complexity index is 617. The van der Waals surface area contributed by atoms with Crippen molar-refractivity contribution in [1.29, 1.82) is 0 Å². The van der Waals surface area contributed by atoms with Gasteiger partial charge >= 0.3 is 0 Å². The van der Waals surface area contributed by atoms with Crippen LogP contribution < -0.4 is 0 Å². The maximum atomic E-state index is 13.6. The van der Waals surface area contributed by atoms with Crippen molar-refractivity contribution in [2.24, 2.45) is 0 Å². The lowest BCUT2D eigenvalue weighted by Crippen LogP contribution is -2.53. The van der Waals surface area contributed by atoms with Gasteiger partial charge in [0.05, 0.1) is 11.7 Å². The van der Waals surface area contributed by atoms with Crippen molar-refractivity contribution in [2.75, 3.05) is 13.1 Å². The largest absolute Gasteiger partial charge is 0.451 e. The van der Waals surface area contributed by atoms with Gasteiger partial charge in [-0.1, -0.05) is 12.1 Å². The molecule has 1 fully saturated rings. The third kappa shape index (κ3) is 2.13. The molecular formula is C14H12FNO3. The normalized spacial score (nSPS) is 15.4. The summed E-state index contributed by atoms with van der Waals surface area (Å²) in [5.41, 5.74) is 0.324. The number of β-amino-alcohol motifs (C(OH)–C–C–N with tert-alkyl or cyclic N) is 1. The van der Waals surface area contributed by atoms with Crippen LogP contribution in [0.5, 0.6) is 0 Å². The van der Waals surface area contributed by atoms with Crippen LogP contribution in [0.25, 0.3) is 11.3 Å². The Morgan fingerprint density at radius 2 is 2.00 bits per heavy atom. The molecule has 19 heavy (non-hydrogen) atoms. The summed E-state index contributed by atoms with van der Waals surface area (Å²) in [5, 5.41) is 9.16. The van der Waals surface area contributed by atoms with Crippen LogP contribution in [0, 0.1) is 5.82 Å². The minimum absolute atomic E-state index is 0.158. The van der Waals surface area contributed by atoms with E-state index in [-0.39, 0.29) is 11.7 Å². The van der Waals surface area contributed by atoms with Crippen LogP contribution >= 0.6 is 0 Å². The first-order valence-corrected chi connectivity index (χ1v) is 5.97. The molecule has 1 saturated heterocycles. The fourth-order valence-electron chi connectivity index (χ4n) is 2.04. The molecule has 0 spiro atoms. The molecule has 1 N–H and O–H groups in total. The van der Waals surface area contributed by atoms with E-state index in [0.717, 1.165) is 0 Å². The highest BCUT2D eigenvalue weighted by Gasteiger charge is 2.31.